The number of nitrogens with zero attached hydrogens (tertiary/aromatic N) is 3. The molecule has 2 heterocycles. The fraction of sp³-hybridized carbons (Fsp3) is 0.867. The molecule has 104 valence electrons. The van der Waals surface area contributed by atoms with Gasteiger partial charge in [0.1, 0.15) is 5.41 Å². The van der Waals surface area contributed by atoms with Crippen LogP contribution in [0.3, 0.4) is 0 Å². The van der Waals surface area contributed by atoms with Gasteiger partial charge in [-0.1, -0.05) is 6.42 Å². The van der Waals surface area contributed by atoms with Crippen LogP contribution < -0.4 is 0 Å². The third-order valence-corrected chi connectivity index (χ3v) is 5.19. The zero-order valence-electron chi connectivity index (χ0n) is 11.6. The number of amides is 1. The zero-order chi connectivity index (χ0) is 13.3. The van der Waals surface area contributed by atoms with Crippen LogP contribution in [-0.4, -0.2) is 47.9 Å². The van der Waals surface area contributed by atoms with Crippen molar-refractivity contribution in [1.82, 2.24) is 9.80 Å². The van der Waals surface area contributed by atoms with E-state index < -0.39 is 5.41 Å². The number of hydrogen-bond acceptors (Lipinski definition) is 3. The standard InChI is InChI=1S/C15H23N3O/c16-12-15(6-4-7-15)14(19)18-10-5-13(11-18)17-8-2-1-3-9-17/h13H,1-11H2. The topological polar surface area (TPSA) is 47.3 Å². The number of carbonyl (C=O) groups excluding carboxylic acids is 1. The van der Waals surface area contributed by atoms with Gasteiger partial charge in [-0.25, -0.2) is 0 Å². The molecule has 0 aromatic rings. The van der Waals surface area contributed by atoms with Gasteiger partial charge in [-0.15, -0.1) is 0 Å². The largest absolute Gasteiger partial charge is 0.340 e. The Morgan fingerprint density at radius 1 is 1.11 bits per heavy atom. The van der Waals surface area contributed by atoms with E-state index in [1.54, 1.807) is 0 Å². The van der Waals surface area contributed by atoms with Crippen LogP contribution in [0.15, 0.2) is 0 Å². The fourth-order valence-electron chi connectivity index (χ4n) is 3.71. The summed E-state index contributed by atoms with van der Waals surface area (Å²) in [5.41, 5.74) is -0.656. The van der Waals surface area contributed by atoms with E-state index >= 15 is 0 Å². The Morgan fingerprint density at radius 2 is 1.84 bits per heavy atom. The minimum atomic E-state index is -0.656. The summed E-state index contributed by atoms with van der Waals surface area (Å²) in [6.45, 7) is 4.08. The third kappa shape index (κ3) is 2.25. The lowest BCUT2D eigenvalue weighted by molar-refractivity contribution is -0.142. The predicted octanol–water partition coefficient (Wildman–Crippen LogP) is 1.77. The van der Waals surface area contributed by atoms with E-state index in [1.165, 1.54) is 32.4 Å². The van der Waals surface area contributed by atoms with Crippen molar-refractivity contribution in [2.45, 2.75) is 51.0 Å². The van der Waals surface area contributed by atoms with Crippen LogP contribution in [0.25, 0.3) is 0 Å². The smallest absolute Gasteiger partial charge is 0.243 e. The second-order valence-corrected chi connectivity index (χ2v) is 6.34. The lowest BCUT2D eigenvalue weighted by Gasteiger charge is -2.37. The van der Waals surface area contributed by atoms with Gasteiger partial charge < -0.3 is 4.90 Å². The quantitative estimate of drug-likeness (QED) is 0.761. The first-order valence-electron chi connectivity index (χ1n) is 7.70. The normalized spacial score (nSPS) is 30.7. The van der Waals surface area contributed by atoms with Gasteiger partial charge in [-0.3, -0.25) is 9.69 Å². The molecule has 0 bridgehead atoms. The van der Waals surface area contributed by atoms with Gasteiger partial charge in [-0.05, 0) is 51.6 Å². The molecule has 0 aromatic heterocycles. The summed E-state index contributed by atoms with van der Waals surface area (Å²) >= 11 is 0. The highest BCUT2D eigenvalue weighted by Gasteiger charge is 2.48. The maximum Gasteiger partial charge on any atom is 0.243 e. The predicted molar refractivity (Wildman–Crippen MR) is 72.3 cm³/mol. The molecule has 1 unspecified atom stereocenters. The lowest BCUT2D eigenvalue weighted by atomic mass is 9.69. The van der Waals surface area contributed by atoms with Gasteiger partial charge in [0, 0.05) is 19.1 Å². The van der Waals surface area contributed by atoms with Crippen molar-refractivity contribution >= 4 is 5.91 Å². The van der Waals surface area contributed by atoms with Gasteiger partial charge >= 0.3 is 0 Å². The molecule has 0 N–H and O–H groups in total. The number of hydrogen-bond donors (Lipinski definition) is 0. The van der Waals surface area contributed by atoms with Crippen LogP contribution in [0.2, 0.25) is 0 Å². The SMILES string of the molecule is N#CC1(C(=O)N2CCC(N3CCCCC3)C2)CCC1. The van der Waals surface area contributed by atoms with E-state index in [1.807, 2.05) is 4.90 Å². The van der Waals surface area contributed by atoms with E-state index in [-0.39, 0.29) is 5.91 Å². The van der Waals surface area contributed by atoms with Crippen molar-refractivity contribution in [2.24, 2.45) is 5.41 Å². The Balaban J connectivity index is 1.59. The Morgan fingerprint density at radius 3 is 2.42 bits per heavy atom. The van der Waals surface area contributed by atoms with E-state index in [0.29, 0.717) is 6.04 Å². The number of piperidine rings is 1. The van der Waals surface area contributed by atoms with Crippen molar-refractivity contribution in [2.75, 3.05) is 26.2 Å². The van der Waals surface area contributed by atoms with Crippen LogP contribution >= 0.6 is 0 Å². The van der Waals surface area contributed by atoms with Gasteiger partial charge in [0.2, 0.25) is 5.91 Å². The highest BCUT2D eigenvalue weighted by molar-refractivity contribution is 5.86. The number of rotatable bonds is 2. The molecular weight excluding hydrogens is 238 g/mol. The summed E-state index contributed by atoms with van der Waals surface area (Å²) in [5, 5.41) is 9.27. The number of carbonyl (C=O) groups is 1. The van der Waals surface area contributed by atoms with Crippen molar-refractivity contribution in [3.8, 4) is 6.07 Å². The van der Waals surface area contributed by atoms with Crippen LogP contribution in [-0.2, 0) is 4.79 Å². The summed E-state index contributed by atoms with van der Waals surface area (Å²) < 4.78 is 0. The lowest BCUT2D eigenvalue weighted by Crippen LogP contribution is -2.48. The van der Waals surface area contributed by atoms with Gasteiger partial charge in [0.15, 0.2) is 0 Å². The molecule has 2 saturated heterocycles. The first-order valence-corrected chi connectivity index (χ1v) is 7.70. The summed E-state index contributed by atoms with van der Waals surface area (Å²) in [4.78, 5) is 17.0. The van der Waals surface area contributed by atoms with E-state index in [9.17, 15) is 10.1 Å². The second kappa shape index (κ2) is 5.13. The first-order chi connectivity index (χ1) is 9.25. The van der Waals surface area contributed by atoms with Gasteiger partial charge in [-0.2, -0.15) is 5.26 Å². The Bertz CT molecular complexity index is 391. The third-order valence-electron chi connectivity index (χ3n) is 5.19. The Kier molecular flexibility index (Phi) is 3.49. The highest BCUT2D eigenvalue weighted by atomic mass is 16.2. The monoisotopic (exact) mass is 261 g/mol. The molecule has 19 heavy (non-hydrogen) atoms. The van der Waals surface area contributed by atoms with Crippen LogP contribution in [0.5, 0.6) is 0 Å². The summed E-state index contributed by atoms with van der Waals surface area (Å²) in [6, 6.07) is 2.82. The maximum atomic E-state index is 12.5. The second-order valence-electron chi connectivity index (χ2n) is 6.34. The highest BCUT2D eigenvalue weighted by Crippen LogP contribution is 2.42. The van der Waals surface area contributed by atoms with Crippen LogP contribution in [0.1, 0.15) is 44.9 Å². The first kappa shape index (κ1) is 12.9. The summed E-state index contributed by atoms with van der Waals surface area (Å²) in [5.74, 6) is 0.112. The molecule has 0 aromatic carbocycles. The van der Waals surface area contributed by atoms with Crippen molar-refractivity contribution in [1.29, 1.82) is 5.26 Å². The molecule has 0 radical (unpaired) electrons. The number of nitriles is 1. The average Bonchev–Trinajstić information content (AvgIpc) is 2.88. The zero-order valence-corrected chi connectivity index (χ0v) is 11.6. The van der Waals surface area contributed by atoms with Crippen molar-refractivity contribution < 1.29 is 4.79 Å². The molecule has 1 aliphatic carbocycles. The maximum absolute atomic E-state index is 12.5. The Hall–Kier alpha value is -1.08. The average molecular weight is 261 g/mol. The van der Waals surface area contributed by atoms with Crippen LogP contribution in [0, 0.1) is 16.7 Å². The summed E-state index contributed by atoms with van der Waals surface area (Å²) in [6.07, 6.45) is 7.61. The molecular formula is C15H23N3O. The summed E-state index contributed by atoms with van der Waals surface area (Å²) in [7, 11) is 0. The fourth-order valence-corrected chi connectivity index (χ4v) is 3.71. The van der Waals surface area contributed by atoms with Gasteiger partial charge in [0.05, 0.1) is 6.07 Å². The molecule has 1 atom stereocenters. The van der Waals surface area contributed by atoms with E-state index in [2.05, 4.69) is 11.0 Å². The minimum absolute atomic E-state index is 0.112. The number of likely N-dealkylation sites (tertiary alicyclic amines) is 2. The van der Waals surface area contributed by atoms with Gasteiger partial charge in [0.25, 0.3) is 0 Å². The Labute approximate surface area is 115 Å². The molecule has 1 saturated carbocycles. The van der Waals surface area contributed by atoms with E-state index in [0.717, 1.165) is 38.8 Å². The molecule has 4 heteroatoms. The molecule has 3 fully saturated rings. The molecule has 3 rings (SSSR count). The minimum Gasteiger partial charge on any atom is -0.340 e. The van der Waals surface area contributed by atoms with Crippen LogP contribution in [0.4, 0.5) is 0 Å². The van der Waals surface area contributed by atoms with Crippen molar-refractivity contribution in [3.63, 3.8) is 0 Å². The molecule has 1 amide bonds. The molecule has 0 spiro atoms. The molecule has 3 aliphatic rings. The molecule has 4 nitrogen and oxygen atoms in total. The van der Waals surface area contributed by atoms with Crippen molar-refractivity contribution in [3.05, 3.63) is 0 Å². The molecule has 2 aliphatic heterocycles. The van der Waals surface area contributed by atoms with E-state index in [4.69, 9.17) is 0 Å².